The number of hydrogen-bond acceptors (Lipinski definition) is 2. The summed E-state index contributed by atoms with van der Waals surface area (Å²) >= 11 is 5.93. The smallest absolute Gasteiger partial charge is 0.125 e. The molecular formula is C14H22ClNO. The fraction of sp³-hybridized carbons (Fsp3) is 0.571. The second kappa shape index (κ2) is 6.87. The van der Waals surface area contributed by atoms with Crippen LogP contribution in [-0.2, 0) is 0 Å². The van der Waals surface area contributed by atoms with E-state index in [1.54, 1.807) is 7.11 Å². The highest BCUT2D eigenvalue weighted by molar-refractivity contribution is 6.30. The molecule has 1 aromatic rings. The molecule has 0 radical (unpaired) electrons. The summed E-state index contributed by atoms with van der Waals surface area (Å²) in [5.41, 5.74) is 7.23. The van der Waals surface area contributed by atoms with E-state index in [4.69, 9.17) is 22.1 Å². The Kier molecular flexibility index (Phi) is 5.79. The molecule has 0 fully saturated rings. The van der Waals surface area contributed by atoms with Crippen LogP contribution in [0.15, 0.2) is 18.2 Å². The van der Waals surface area contributed by atoms with Crippen LogP contribution < -0.4 is 10.5 Å². The van der Waals surface area contributed by atoms with Crippen molar-refractivity contribution in [2.45, 2.75) is 39.2 Å². The van der Waals surface area contributed by atoms with Crippen LogP contribution in [0.2, 0.25) is 5.02 Å². The molecule has 0 aromatic heterocycles. The lowest BCUT2D eigenvalue weighted by Crippen LogP contribution is -2.11. The maximum atomic E-state index is 6.18. The van der Waals surface area contributed by atoms with Crippen molar-refractivity contribution >= 4 is 11.6 Å². The number of halogens is 1. The molecule has 2 nitrogen and oxygen atoms in total. The van der Waals surface area contributed by atoms with Gasteiger partial charge >= 0.3 is 0 Å². The van der Waals surface area contributed by atoms with Gasteiger partial charge in [-0.25, -0.2) is 0 Å². The van der Waals surface area contributed by atoms with E-state index in [-0.39, 0.29) is 6.04 Å². The number of rotatable bonds is 6. The highest BCUT2D eigenvalue weighted by Gasteiger charge is 2.12. The largest absolute Gasteiger partial charge is 0.496 e. The Balaban J connectivity index is 2.64. The van der Waals surface area contributed by atoms with Gasteiger partial charge in [0.1, 0.15) is 5.75 Å². The normalized spacial score (nSPS) is 12.8. The lowest BCUT2D eigenvalue weighted by molar-refractivity contribution is 0.402. The van der Waals surface area contributed by atoms with Crippen molar-refractivity contribution in [3.63, 3.8) is 0 Å². The summed E-state index contributed by atoms with van der Waals surface area (Å²) in [4.78, 5) is 0. The molecule has 0 aliphatic carbocycles. The van der Waals surface area contributed by atoms with Gasteiger partial charge in [0.2, 0.25) is 0 Å². The zero-order chi connectivity index (χ0) is 12.8. The molecule has 96 valence electrons. The standard InChI is InChI=1S/C14H22ClNO/c1-10(2)5-4-6-13(16)12-8-7-11(15)9-14(12)17-3/h7-10,13H,4-6,16H2,1-3H3. The minimum atomic E-state index is 0.0287. The molecule has 0 amide bonds. The zero-order valence-corrected chi connectivity index (χ0v) is 11.6. The van der Waals surface area contributed by atoms with Crippen LogP contribution in [0.1, 0.15) is 44.7 Å². The Hall–Kier alpha value is -0.730. The third-order valence-corrected chi connectivity index (χ3v) is 3.13. The van der Waals surface area contributed by atoms with Gasteiger partial charge in [0.25, 0.3) is 0 Å². The van der Waals surface area contributed by atoms with E-state index in [1.807, 2.05) is 18.2 Å². The fourth-order valence-corrected chi connectivity index (χ4v) is 2.05. The maximum Gasteiger partial charge on any atom is 0.125 e. The first-order chi connectivity index (χ1) is 8.04. The number of ether oxygens (including phenoxy) is 1. The van der Waals surface area contributed by atoms with Gasteiger partial charge in [-0.3, -0.25) is 0 Å². The van der Waals surface area contributed by atoms with Gasteiger partial charge < -0.3 is 10.5 Å². The first-order valence-electron chi connectivity index (χ1n) is 6.13. The highest BCUT2D eigenvalue weighted by Crippen LogP contribution is 2.29. The highest BCUT2D eigenvalue weighted by atomic mass is 35.5. The van der Waals surface area contributed by atoms with Crippen LogP contribution in [0.4, 0.5) is 0 Å². The van der Waals surface area contributed by atoms with Crippen molar-refractivity contribution in [1.82, 2.24) is 0 Å². The SMILES string of the molecule is COc1cc(Cl)ccc1C(N)CCCC(C)C. The second-order valence-electron chi connectivity index (χ2n) is 4.82. The average molecular weight is 256 g/mol. The van der Waals surface area contributed by atoms with Crippen LogP contribution >= 0.6 is 11.6 Å². The molecule has 17 heavy (non-hydrogen) atoms. The van der Waals surface area contributed by atoms with Crippen molar-refractivity contribution < 1.29 is 4.74 Å². The van der Waals surface area contributed by atoms with Crippen molar-refractivity contribution in [2.75, 3.05) is 7.11 Å². The van der Waals surface area contributed by atoms with E-state index >= 15 is 0 Å². The predicted octanol–water partition coefficient (Wildman–Crippen LogP) is 4.17. The molecule has 0 saturated heterocycles. The first-order valence-corrected chi connectivity index (χ1v) is 6.51. The molecule has 1 aromatic carbocycles. The van der Waals surface area contributed by atoms with Gasteiger partial charge in [-0.1, -0.05) is 44.4 Å². The number of nitrogens with two attached hydrogens (primary N) is 1. The number of benzene rings is 1. The van der Waals surface area contributed by atoms with E-state index in [1.165, 1.54) is 6.42 Å². The van der Waals surface area contributed by atoms with Gasteiger partial charge in [-0.05, 0) is 24.5 Å². The lowest BCUT2D eigenvalue weighted by Gasteiger charge is -2.16. The minimum absolute atomic E-state index is 0.0287. The molecule has 3 heteroatoms. The zero-order valence-electron chi connectivity index (χ0n) is 10.9. The lowest BCUT2D eigenvalue weighted by atomic mass is 9.98. The van der Waals surface area contributed by atoms with Crippen LogP contribution in [0.5, 0.6) is 5.75 Å². The molecule has 0 aliphatic heterocycles. The van der Waals surface area contributed by atoms with Crippen molar-refractivity contribution in [3.05, 3.63) is 28.8 Å². The fourth-order valence-electron chi connectivity index (χ4n) is 1.89. The molecule has 1 unspecified atom stereocenters. The van der Waals surface area contributed by atoms with E-state index in [0.717, 1.165) is 30.1 Å². The minimum Gasteiger partial charge on any atom is -0.496 e. The van der Waals surface area contributed by atoms with Crippen LogP contribution in [0.25, 0.3) is 0 Å². The van der Waals surface area contributed by atoms with Crippen LogP contribution in [0.3, 0.4) is 0 Å². The third-order valence-electron chi connectivity index (χ3n) is 2.89. The molecule has 1 rings (SSSR count). The maximum absolute atomic E-state index is 6.18. The van der Waals surface area contributed by atoms with E-state index < -0.39 is 0 Å². The van der Waals surface area contributed by atoms with Crippen LogP contribution in [0, 0.1) is 5.92 Å². The topological polar surface area (TPSA) is 35.2 Å². The number of hydrogen-bond donors (Lipinski definition) is 1. The quantitative estimate of drug-likeness (QED) is 0.828. The summed E-state index contributed by atoms with van der Waals surface area (Å²) < 4.78 is 5.31. The van der Waals surface area contributed by atoms with Gasteiger partial charge in [-0.15, -0.1) is 0 Å². The van der Waals surface area contributed by atoms with E-state index in [2.05, 4.69) is 13.8 Å². The number of methoxy groups -OCH3 is 1. The molecule has 2 N–H and O–H groups in total. The van der Waals surface area contributed by atoms with Crippen molar-refractivity contribution in [3.8, 4) is 5.75 Å². The first kappa shape index (κ1) is 14.3. The molecule has 0 heterocycles. The Morgan fingerprint density at radius 2 is 2.00 bits per heavy atom. The van der Waals surface area contributed by atoms with E-state index in [0.29, 0.717) is 5.02 Å². The summed E-state index contributed by atoms with van der Waals surface area (Å²) in [6.45, 7) is 4.46. The van der Waals surface area contributed by atoms with Gasteiger partial charge in [0.05, 0.1) is 7.11 Å². The van der Waals surface area contributed by atoms with Gasteiger partial charge in [-0.2, -0.15) is 0 Å². The summed E-state index contributed by atoms with van der Waals surface area (Å²) in [6.07, 6.45) is 3.34. The Morgan fingerprint density at radius 1 is 1.29 bits per heavy atom. The van der Waals surface area contributed by atoms with Gasteiger partial charge in [0, 0.05) is 16.6 Å². The average Bonchev–Trinajstić information content (AvgIpc) is 2.28. The molecule has 0 bridgehead atoms. The summed E-state index contributed by atoms with van der Waals surface area (Å²) in [5.74, 6) is 1.52. The molecule has 0 spiro atoms. The van der Waals surface area contributed by atoms with Gasteiger partial charge in [0.15, 0.2) is 0 Å². The van der Waals surface area contributed by atoms with Crippen LogP contribution in [-0.4, -0.2) is 7.11 Å². The summed E-state index contributed by atoms with van der Waals surface area (Å²) in [6, 6.07) is 5.67. The monoisotopic (exact) mass is 255 g/mol. The predicted molar refractivity (Wildman–Crippen MR) is 73.6 cm³/mol. The molecule has 0 saturated carbocycles. The Labute approximate surface area is 109 Å². The molecule has 1 atom stereocenters. The van der Waals surface area contributed by atoms with E-state index in [9.17, 15) is 0 Å². The molecule has 0 aliphatic rings. The van der Waals surface area contributed by atoms with Crippen molar-refractivity contribution in [2.24, 2.45) is 11.7 Å². The summed E-state index contributed by atoms with van der Waals surface area (Å²) in [7, 11) is 1.65. The molecular weight excluding hydrogens is 234 g/mol. The summed E-state index contributed by atoms with van der Waals surface area (Å²) in [5, 5.41) is 0.681. The Morgan fingerprint density at radius 3 is 2.59 bits per heavy atom. The van der Waals surface area contributed by atoms with Crippen molar-refractivity contribution in [1.29, 1.82) is 0 Å². The Bertz CT molecular complexity index is 352. The third kappa shape index (κ3) is 4.57. The second-order valence-corrected chi connectivity index (χ2v) is 5.25.